The van der Waals surface area contributed by atoms with Crippen LogP contribution in [0.1, 0.15) is 45.9 Å². The first-order valence-corrected chi connectivity index (χ1v) is 9.36. The predicted octanol–water partition coefficient (Wildman–Crippen LogP) is 2.93. The van der Waals surface area contributed by atoms with Crippen LogP contribution in [-0.2, 0) is 22.4 Å². The molecule has 5 nitrogen and oxygen atoms in total. The number of benzene rings is 1. The number of nitrogens with zero attached hydrogens (tertiary/aromatic N) is 1. The molecule has 1 fully saturated rings. The zero-order chi connectivity index (χ0) is 18.4. The van der Waals surface area contributed by atoms with Crippen LogP contribution in [-0.4, -0.2) is 30.7 Å². The molecule has 3 rings (SSSR count). The molecule has 133 valence electrons. The van der Waals surface area contributed by atoms with E-state index in [1.54, 1.807) is 0 Å². The average Bonchev–Trinajstić information content (AvgIpc) is 3.25. The number of hydrogen-bond acceptors (Lipinski definition) is 4. The van der Waals surface area contributed by atoms with Gasteiger partial charge in [-0.05, 0) is 31.0 Å². The summed E-state index contributed by atoms with van der Waals surface area (Å²) in [5, 5.41) is 6.60. The summed E-state index contributed by atoms with van der Waals surface area (Å²) in [5.74, 6) is -0.332. The fraction of sp³-hybridized carbons (Fsp3) is 0.375. The van der Waals surface area contributed by atoms with E-state index in [1.807, 2.05) is 0 Å². The Bertz CT molecular complexity index is 928. The maximum absolute atomic E-state index is 12.8. The van der Waals surface area contributed by atoms with Crippen molar-refractivity contribution in [2.45, 2.75) is 36.3 Å². The van der Waals surface area contributed by atoms with Gasteiger partial charge in [-0.25, -0.2) is 8.42 Å². The molecule has 9 heteroatoms. The number of halogens is 3. The largest absolute Gasteiger partial charge is 0.416 e. The summed E-state index contributed by atoms with van der Waals surface area (Å²) in [5.41, 5.74) is -0.141. The minimum absolute atomic E-state index is 0.170. The first-order valence-electron chi connectivity index (χ1n) is 7.46. The van der Waals surface area contributed by atoms with Gasteiger partial charge in [0, 0.05) is 29.7 Å². The van der Waals surface area contributed by atoms with Crippen molar-refractivity contribution in [3.8, 4) is 0 Å². The second-order valence-corrected chi connectivity index (χ2v) is 8.05. The minimum atomic E-state index is -4.70. The van der Waals surface area contributed by atoms with Gasteiger partial charge in [0.15, 0.2) is 15.6 Å². The Balaban J connectivity index is 1.98. The van der Waals surface area contributed by atoms with E-state index in [4.69, 9.17) is 0 Å². The van der Waals surface area contributed by atoms with Gasteiger partial charge in [-0.1, -0.05) is 0 Å². The summed E-state index contributed by atoms with van der Waals surface area (Å²) in [6, 6.07) is 2.13. The van der Waals surface area contributed by atoms with Crippen molar-refractivity contribution in [3.63, 3.8) is 0 Å². The molecule has 1 aromatic carbocycles. The molecular formula is C16H14F3N2O3S. The first kappa shape index (κ1) is 17.7. The third kappa shape index (κ3) is 3.76. The standard InChI is InChI=1S/C16H14F3N2O3S/c1-25(23,24)14-7-11(16(17,18)19)4-5-12(14)13(22)6-10-8-20-21-15(10)9-2-3-9/h4-5,7,9H,2-3,6H2,1H3,(H,20,21). The number of nitrogens with one attached hydrogen (secondary N) is 1. The number of aromatic amines is 1. The Morgan fingerprint density at radius 3 is 2.60 bits per heavy atom. The average molecular weight is 371 g/mol. The molecule has 2 aromatic rings. The van der Waals surface area contributed by atoms with Crippen molar-refractivity contribution >= 4 is 15.6 Å². The summed E-state index contributed by atoms with van der Waals surface area (Å²) in [6.07, 6.45) is 0.552. The summed E-state index contributed by atoms with van der Waals surface area (Å²) in [7, 11) is -4.01. The number of rotatable bonds is 5. The summed E-state index contributed by atoms with van der Waals surface area (Å²) in [4.78, 5) is 11.9. The monoisotopic (exact) mass is 371 g/mol. The number of carbonyl (C=O) groups is 1. The van der Waals surface area contributed by atoms with Gasteiger partial charge < -0.3 is 0 Å². The molecule has 0 atom stereocenters. The van der Waals surface area contributed by atoms with Crippen molar-refractivity contribution in [1.29, 1.82) is 0 Å². The van der Waals surface area contributed by atoms with Crippen LogP contribution in [0, 0.1) is 6.20 Å². The fourth-order valence-electron chi connectivity index (χ4n) is 2.61. The summed E-state index contributed by atoms with van der Waals surface area (Å²) < 4.78 is 62.3. The highest BCUT2D eigenvalue weighted by atomic mass is 32.2. The zero-order valence-corrected chi connectivity index (χ0v) is 14.0. The number of alkyl halides is 3. The molecule has 0 saturated heterocycles. The van der Waals surface area contributed by atoms with Gasteiger partial charge in [0.25, 0.3) is 0 Å². The van der Waals surface area contributed by atoms with Gasteiger partial charge in [-0.15, -0.1) is 0 Å². The molecule has 1 aliphatic rings. The van der Waals surface area contributed by atoms with E-state index in [9.17, 15) is 26.4 Å². The molecule has 0 unspecified atom stereocenters. The number of sulfone groups is 1. The SMILES string of the molecule is CS(=O)(=O)c1cc(C(F)(F)F)ccc1C(=O)Cc1[c][nH]nc1C1CC1. The Labute approximate surface area is 142 Å². The lowest BCUT2D eigenvalue weighted by molar-refractivity contribution is -0.137. The normalized spacial score (nSPS) is 15.4. The van der Waals surface area contributed by atoms with Gasteiger partial charge in [0.2, 0.25) is 0 Å². The molecular weight excluding hydrogens is 357 g/mol. The molecule has 1 aliphatic carbocycles. The number of ketones is 1. The maximum atomic E-state index is 12.8. The van der Waals surface area contributed by atoms with Gasteiger partial charge in [-0.3, -0.25) is 9.89 Å². The van der Waals surface area contributed by atoms with Crippen molar-refractivity contribution in [2.75, 3.05) is 6.26 Å². The number of carbonyl (C=O) groups excluding carboxylic acids is 1. The van der Waals surface area contributed by atoms with Crippen LogP contribution in [0.4, 0.5) is 13.2 Å². The van der Waals surface area contributed by atoms with Crippen LogP contribution < -0.4 is 0 Å². The highest BCUT2D eigenvalue weighted by molar-refractivity contribution is 7.90. The minimum Gasteiger partial charge on any atom is -0.294 e. The van der Waals surface area contributed by atoms with E-state index >= 15 is 0 Å². The van der Waals surface area contributed by atoms with Crippen molar-refractivity contribution in [1.82, 2.24) is 10.2 Å². The zero-order valence-electron chi connectivity index (χ0n) is 13.1. The molecule has 1 saturated carbocycles. The summed E-state index contributed by atoms with van der Waals surface area (Å²) in [6.45, 7) is 0. The van der Waals surface area contributed by atoms with E-state index in [2.05, 4.69) is 16.4 Å². The number of aromatic nitrogens is 2. The van der Waals surface area contributed by atoms with Gasteiger partial charge in [-0.2, -0.15) is 18.3 Å². The van der Waals surface area contributed by atoms with E-state index < -0.39 is 32.3 Å². The summed E-state index contributed by atoms with van der Waals surface area (Å²) >= 11 is 0. The van der Waals surface area contributed by atoms with Crippen LogP contribution in [0.5, 0.6) is 0 Å². The fourth-order valence-corrected chi connectivity index (χ4v) is 3.53. The third-order valence-corrected chi connectivity index (χ3v) is 5.14. The molecule has 1 heterocycles. The first-order chi connectivity index (χ1) is 11.6. The third-order valence-electron chi connectivity index (χ3n) is 4.00. The van der Waals surface area contributed by atoms with E-state index in [-0.39, 0.29) is 17.9 Å². The Morgan fingerprint density at radius 2 is 2.04 bits per heavy atom. The van der Waals surface area contributed by atoms with Crippen LogP contribution in [0.15, 0.2) is 23.1 Å². The van der Waals surface area contributed by atoms with Crippen molar-refractivity contribution in [3.05, 3.63) is 46.8 Å². The van der Waals surface area contributed by atoms with Crippen LogP contribution >= 0.6 is 0 Å². The number of H-pyrrole nitrogens is 1. The van der Waals surface area contributed by atoms with Crippen molar-refractivity contribution in [2.24, 2.45) is 0 Å². The second kappa shape index (κ2) is 5.98. The number of Topliss-reactive ketones (excluding diaryl/α,β-unsaturated/α-hetero) is 1. The predicted molar refractivity (Wildman–Crippen MR) is 82.0 cm³/mol. The lowest BCUT2D eigenvalue weighted by Crippen LogP contribution is -2.14. The molecule has 1 N–H and O–H groups in total. The smallest absolute Gasteiger partial charge is 0.294 e. The Hall–Kier alpha value is -2.16. The molecule has 1 aromatic heterocycles. The van der Waals surface area contributed by atoms with Gasteiger partial charge in [0.05, 0.1) is 22.3 Å². The van der Waals surface area contributed by atoms with Crippen LogP contribution in [0.2, 0.25) is 0 Å². The quantitative estimate of drug-likeness (QED) is 0.820. The van der Waals surface area contributed by atoms with Crippen LogP contribution in [0.3, 0.4) is 0 Å². The number of hydrogen-bond donors (Lipinski definition) is 1. The molecule has 1 radical (unpaired) electrons. The lowest BCUT2D eigenvalue weighted by Gasteiger charge is -2.12. The van der Waals surface area contributed by atoms with Gasteiger partial charge in [0.1, 0.15) is 0 Å². The second-order valence-electron chi connectivity index (χ2n) is 6.07. The lowest BCUT2D eigenvalue weighted by atomic mass is 10.0. The Morgan fingerprint density at radius 1 is 1.36 bits per heavy atom. The molecule has 0 aliphatic heterocycles. The van der Waals surface area contributed by atoms with Gasteiger partial charge >= 0.3 is 6.18 Å². The highest BCUT2D eigenvalue weighted by Crippen LogP contribution is 2.40. The van der Waals surface area contributed by atoms with Crippen molar-refractivity contribution < 1.29 is 26.4 Å². The topological polar surface area (TPSA) is 79.9 Å². The van der Waals surface area contributed by atoms with E-state index in [0.717, 1.165) is 25.2 Å². The molecule has 0 bridgehead atoms. The van der Waals surface area contributed by atoms with E-state index in [1.165, 1.54) is 0 Å². The molecule has 0 spiro atoms. The molecule has 25 heavy (non-hydrogen) atoms. The van der Waals surface area contributed by atoms with E-state index in [0.29, 0.717) is 23.4 Å². The maximum Gasteiger partial charge on any atom is 0.416 e. The highest BCUT2D eigenvalue weighted by Gasteiger charge is 2.34. The molecule has 0 amide bonds. The Kier molecular flexibility index (Phi) is 4.22. The van der Waals surface area contributed by atoms with Crippen LogP contribution in [0.25, 0.3) is 0 Å².